The first kappa shape index (κ1) is 11.2. The molecule has 0 fully saturated rings. The van der Waals surface area contributed by atoms with Crippen LogP contribution in [0.3, 0.4) is 0 Å². The van der Waals surface area contributed by atoms with Crippen LogP contribution in [0.2, 0.25) is 0 Å². The maximum absolute atomic E-state index is 11.4. The van der Waals surface area contributed by atoms with Crippen molar-refractivity contribution in [2.75, 3.05) is 0 Å². The fourth-order valence-electron chi connectivity index (χ4n) is 1.23. The second-order valence-electron chi connectivity index (χ2n) is 3.42. The van der Waals surface area contributed by atoms with Gasteiger partial charge in [-0.15, -0.1) is 0 Å². The van der Waals surface area contributed by atoms with E-state index in [0.717, 1.165) is 10.6 Å². The second kappa shape index (κ2) is 4.71. The molecule has 0 bridgehead atoms. The van der Waals surface area contributed by atoms with Crippen molar-refractivity contribution >= 4 is 18.0 Å². The molecule has 0 radical (unpaired) electrons. The molecule has 0 aliphatic carbocycles. The highest BCUT2D eigenvalue weighted by Crippen LogP contribution is 2.05. The number of hydrazone groups is 2. The van der Waals surface area contributed by atoms with Crippen molar-refractivity contribution in [2.24, 2.45) is 10.2 Å². The smallest absolute Gasteiger partial charge is 0.360 e. The van der Waals surface area contributed by atoms with E-state index in [9.17, 15) is 9.90 Å². The number of pyridine rings is 1. The number of nitrogens with zero attached hydrogens (tertiary/aromatic N) is 4. The van der Waals surface area contributed by atoms with E-state index in [0.29, 0.717) is 5.71 Å². The maximum Gasteiger partial charge on any atom is 0.360 e. The highest BCUT2D eigenvalue weighted by Gasteiger charge is 2.27. The second-order valence-corrected chi connectivity index (χ2v) is 3.42. The number of nitrogens with one attached hydrogen (secondary N) is 1. The summed E-state index contributed by atoms with van der Waals surface area (Å²) < 4.78 is 0. The molecule has 0 saturated carbocycles. The first-order valence-corrected chi connectivity index (χ1v) is 4.94. The van der Waals surface area contributed by atoms with Crippen molar-refractivity contribution in [3.05, 3.63) is 30.1 Å². The lowest BCUT2D eigenvalue weighted by atomic mass is 10.3. The number of hydrogen-bond acceptors (Lipinski definition) is 5. The summed E-state index contributed by atoms with van der Waals surface area (Å²) >= 11 is 0. The molecular formula is C10H11N5O2. The highest BCUT2D eigenvalue weighted by atomic mass is 16.3. The van der Waals surface area contributed by atoms with Crippen LogP contribution >= 0.6 is 0 Å². The lowest BCUT2D eigenvalue weighted by molar-refractivity contribution is 0.0766. The Morgan fingerprint density at radius 2 is 2.47 bits per heavy atom. The molecule has 0 saturated heterocycles. The Balaban J connectivity index is 2.16. The van der Waals surface area contributed by atoms with Gasteiger partial charge in [0, 0.05) is 18.0 Å². The van der Waals surface area contributed by atoms with Crippen LogP contribution in [0.25, 0.3) is 0 Å². The van der Waals surface area contributed by atoms with Gasteiger partial charge in [0.05, 0.1) is 11.9 Å². The number of aliphatic hydroxyl groups excluding tert-OH is 1. The average Bonchev–Trinajstić information content (AvgIpc) is 2.35. The number of hydrogen-bond donors (Lipinski definition) is 2. The van der Waals surface area contributed by atoms with Crippen LogP contribution < -0.4 is 5.43 Å². The lowest BCUT2D eigenvalue weighted by Crippen LogP contribution is -2.49. The normalized spacial score (nSPS) is 20.4. The maximum atomic E-state index is 11.4. The quantitative estimate of drug-likeness (QED) is 0.711. The number of rotatable bonds is 2. The molecule has 1 atom stereocenters. The van der Waals surface area contributed by atoms with Gasteiger partial charge in [0.1, 0.15) is 0 Å². The zero-order chi connectivity index (χ0) is 12.3. The zero-order valence-electron chi connectivity index (χ0n) is 9.11. The Kier molecular flexibility index (Phi) is 3.10. The molecular weight excluding hydrogens is 222 g/mol. The molecule has 2 amide bonds. The van der Waals surface area contributed by atoms with Crippen molar-refractivity contribution in [1.29, 1.82) is 0 Å². The lowest BCUT2D eigenvalue weighted by Gasteiger charge is -2.25. The van der Waals surface area contributed by atoms with Gasteiger partial charge >= 0.3 is 6.03 Å². The summed E-state index contributed by atoms with van der Waals surface area (Å²) in [5, 5.41) is 18.1. The molecule has 1 aromatic heterocycles. The van der Waals surface area contributed by atoms with E-state index in [-0.39, 0.29) is 0 Å². The molecule has 2 N–H and O–H groups in total. The standard InChI is InChI=1S/C10H11N5O2/c1-7-9(16)15(10(17)14-13-7)12-6-8-3-2-4-11-5-8/h2-6,9,16H,1H3,(H,14,17)/b12-6-. The SMILES string of the molecule is CC1=NNC(=O)N(/N=C\c2cccnc2)C1O. The summed E-state index contributed by atoms with van der Waals surface area (Å²) in [4.78, 5) is 15.3. The van der Waals surface area contributed by atoms with Crippen LogP contribution in [0.1, 0.15) is 12.5 Å². The minimum atomic E-state index is -1.14. The van der Waals surface area contributed by atoms with Gasteiger partial charge in [0.2, 0.25) is 0 Å². The predicted octanol–water partition coefficient (Wildman–Crippen LogP) is 0.135. The summed E-state index contributed by atoms with van der Waals surface area (Å²) in [6.07, 6.45) is 3.53. The van der Waals surface area contributed by atoms with Gasteiger partial charge in [-0.25, -0.2) is 10.2 Å². The van der Waals surface area contributed by atoms with E-state index in [1.165, 1.54) is 6.21 Å². The Morgan fingerprint density at radius 3 is 3.18 bits per heavy atom. The van der Waals surface area contributed by atoms with Gasteiger partial charge in [0.25, 0.3) is 0 Å². The van der Waals surface area contributed by atoms with Crippen molar-refractivity contribution in [1.82, 2.24) is 15.4 Å². The van der Waals surface area contributed by atoms with Gasteiger partial charge < -0.3 is 5.11 Å². The number of urea groups is 1. The molecule has 1 unspecified atom stereocenters. The highest BCUT2D eigenvalue weighted by molar-refractivity contribution is 5.93. The Bertz CT molecular complexity index is 471. The Hall–Kier alpha value is -2.28. The third kappa shape index (κ3) is 2.45. The molecule has 0 aromatic carbocycles. The topological polar surface area (TPSA) is 90.2 Å². The molecule has 88 valence electrons. The van der Waals surface area contributed by atoms with Crippen LogP contribution in [0.5, 0.6) is 0 Å². The number of aliphatic hydroxyl groups is 1. The summed E-state index contributed by atoms with van der Waals surface area (Å²) in [5.41, 5.74) is 3.33. The number of amides is 2. The van der Waals surface area contributed by atoms with Crippen molar-refractivity contribution < 1.29 is 9.90 Å². The summed E-state index contributed by atoms with van der Waals surface area (Å²) in [5.74, 6) is 0. The number of carbonyl (C=O) groups excluding carboxylic acids is 1. The van der Waals surface area contributed by atoms with Gasteiger partial charge in [-0.3, -0.25) is 4.98 Å². The number of aromatic nitrogens is 1. The number of carbonyl (C=O) groups is 1. The van der Waals surface area contributed by atoms with Gasteiger partial charge in [-0.2, -0.15) is 15.2 Å². The van der Waals surface area contributed by atoms with Gasteiger partial charge in [0.15, 0.2) is 6.23 Å². The van der Waals surface area contributed by atoms with Crippen LogP contribution in [-0.4, -0.2) is 39.3 Å². The summed E-state index contributed by atoms with van der Waals surface area (Å²) in [6, 6.07) is 2.95. The van der Waals surface area contributed by atoms with E-state index in [4.69, 9.17) is 0 Å². The fourth-order valence-corrected chi connectivity index (χ4v) is 1.23. The minimum absolute atomic E-state index is 0.368. The third-order valence-corrected chi connectivity index (χ3v) is 2.16. The van der Waals surface area contributed by atoms with Crippen molar-refractivity contribution in [3.63, 3.8) is 0 Å². The average molecular weight is 233 g/mol. The molecule has 2 heterocycles. The van der Waals surface area contributed by atoms with E-state index >= 15 is 0 Å². The zero-order valence-corrected chi connectivity index (χ0v) is 9.11. The van der Waals surface area contributed by atoms with E-state index in [1.807, 2.05) is 0 Å². The van der Waals surface area contributed by atoms with E-state index < -0.39 is 12.3 Å². The molecule has 7 nitrogen and oxygen atoms in total. The van der Waals surface area contributed by atoms with E-state index in [2.05, 4.69) is 20.6 Å². The first-order chi connectivity index (χ1) is 8.18. The Morgan fingerprint density at radius 1 is 1.65 bits per heavy atom. The van der Waals surface area contributed by atoms with Crippen LogP contribution in [0, 0.1) is 0 Å². The largest absolute Gasteiger partial charge is 0.367 e. The van der Waals surface area contributed by atoms with Crippen LogP contribution in [0.4, 0.5) is 4.79 Å². The third-order valence-electron chi connectivity index (χ3n) is 2.16. The molecule has 1 aromatic rings. The van der Waals surface area contributed by atoms with Crippen molar-refractivity contribution in [3.8, 4) is 0 Å². The molecule has 1 aliphatic rings. The van der Waals surface area contributed by atoms with E-state index in [1.54, 1.807) is 31.5 Å². The molecule has 2 rings (SSSR count). The first-order valence-electron chi connectivity index (χ1n) is 4.94. The van der Waals surface area contributed by atoms with Crippen LogP contribution in [0.15, 0.2) is 34.7 Å². The predicted molar refractivity (Wildman–Crippen MR) is 61.3 cm³/mol. The molecule has 1 aliphatic heterocycles. The van der Waals surface area contributed by atoms with Gasteiger partial charge in [-0.05, 0) is 13.0 Å². The molecule has 17 heavy (non-hydrogen) atoms. The molecule has 0 spiro atoms. The summed E-state index contributed by atoms with van der Waals surface area (Å²) in [7, 11) is 0. The molecule has 7 heteroatoms. The van der Waals surface area contributed by atoms with Crippen molar-refractivity contribution in [2.45, 2.75) is 13.2 Å². The minimum Gasteiger partial charge on any atom is -0.367 e. The van der Waals surface area contributed by atoms with Crippen LogP contribution in [-0.2, 0) is 0 Å². The fraction of sp³-hybridized carbons (Fsp3) is 0.200. The Labute approximate surface area is 97.5 Å². The monoisotopic (exact) mass is 233 g/mol. The van der Waals surface area contributed by atoms with Gasteiger partial charge in [-0.1, -0.05) is 6.07 Å². The summed E-state index contributed by atoms with van der Waals surface area (Å²) in [6.45, 7) is 1.59.